The van der Waals surface area contributed by atoms with Crippen molar-refractivity contribution in [2.45, 2.75) is 48.9 Å². The Bertz CT molecular complexity index is 199. The molecule has 0 aromatic heterocycles. The summed E-state index contributed by atoms with van der Waals surface area (Å²) in [5, 5.41) is 37.8. The Morgan fingerprint density at radius 2 is 1.73 bits per heavy atom. The molecular formula is C9H18O5S. The van der Waals surface area contributed by atoms with Crippen LogP contribution in [0.4, 0.5) is 0 Å². The van der Waals surface area contributed by atoms with Crippen LogP contribution in [0.15, 0.2) is 0 Å². The molecule has 0 spiro atoms. The molecule has 0 aromatic rings. The quantitative estimate of drug-likeness (QED) is 0.500. The van der Waals surface area contributed by atoms with Crippen molar-refractivity contribution in [3.63, 3.8) is 0 Å². The third-order valence-electron chi connectivity index (χ3n) is 2.25. The van der Waals surface area contributed by atoms with Crippen LogP contribution in [-0.2, 0) is 4.74 Å². The zero-order chi connectivity index (χ0) is 11.6. The fourth-order valence-electron chi connectivity index (χ4n) is 1.45. The van der Waals surface area contributed by atoms with Gasteiger partial charge in [-0.3, -0.25) is 0 Å². The molecule has 6 heteroatoms. The first kappa shape index (κ1) is 13.2. The van der Waals surface area contributed by atoms with E-state index in [0.717, 1.165) is 0 Å². The van der Waals surface area contributed by atoms with Crippen molar-refractivity contribution < 1.29 is 25.2 Å². The molecule has 0 amide bonds. The average molecular weight is 238 g/mol. The summed E-state index contributed by atoms with van der Waals surface area (Å²) in [6.07, 6.45) is -4.48. The summed E-state index contributed by atoms with van der Waals surface area (Å²) in [5.74, 6) is 0. The molecule has 0 bridgehead atoms. The fraction of sp³-hybridized carbons (Fsp3) is 1.00. The highest BCUT2D eigenvalue weighted by atomic mass is 32.2. The van der Waals surface area contributed by atoms with Gasteiger partial charge < -0.3 is 25.2 Å². The lowest BCUT2D eigenvalue weighted by atomic mass is 10.0. The maximum Gasteiger partial charge on any atom is 0.132 e. The molecule has 1 heterocycles. The number of thioether (sulfide) groups is 1. The van der Waals surface area contributed by atoms with Crippen molar-refractivity contribution >= 4 is 11.8 Å². The molecule has 15 heavy (non-hydrogen) atoms. The van der Waals surface area contributed by atoms with Crippen LogP contribution in [0, 0.1) is 0 Å². The molecule has 1 aliphatic rings. The Balaban J connectivity index is 2.65. The zero-order valence-corrected chi connectivity index (χ0v) is 9.59. The van der Waals surface area contributed by atoms with Crippen LogP contribution in [0.3, 0.4) is 0 Å². The molecule has 90 valence electrons. The van der Waals surface area contributed by atoms with Crippen LogP contribution in [0.5, 0.6) is 0 Å². The highest BCUT2D eigenvalue weighted by molar-refractivity contribution is 8.00. The van der Waals surface area contributed by atoms with Gasteiger partial charge in [0.1, 0.15) is 29.9 Å². The van der Waals surface area contributed by atoms with Gasteiger partial charge in [0.2, 0.25) is 0 Å². The van der Waals surface area contributed by atoms with Crippen LogP contribution < -0.4 is 0 Å². The molecule has 4 N–H and O–H groups in total. The van der Waals surface area contributed by atoms with Gasteiger partial charge in [0.25, 0.3) is 0 Å². The molecule has 0 radical (unpaired) electrons. The van der Waals surface area contributed by atoms with E-state index in [1.54, 1.807) is 0 Å². The molecular weight excluding hydrogens is 220 g/mol. The molecule has 1 rings (SSSR count). The van der Waals surface area contributed by atoms with E-state index in [0.29, 0.717) is 0 Å². The molecule has 0 aromatic carbocycles. The smallest absolute Gasteiger partial charge is 0.132 e. The van der Waals surface area contributed by atoms with Crippen molar-refractivity contribution in [2.75, 3.05) is 6.61 Å². The van der Waals surface area contributed by atoms with Gasteiger partial charge >= 0.3 is 0 Å². The molecule has 0 saturated carbocycles. The number of rotatable bonds is 3. The van der Waals surface area contributed by atoms with Crippen LogP contribution in [0.25, 0.3) is 0 Å². The van der Waals surface area contributed by atoms with Crippen LogP contribution in [-0.4, -0.2) is 62.1 Å². The fourth-order valence-corrected chi connectivity index (χ4v) is 2.51. The first-order chi connectivity index (χ1) is 6.97. The summed E-state index contributed by atoms with van der Waals surface area (Å²) >= 11 is 1.35. The SMILES string of the molecule is CC(C)S[C@@H]1O[C@H](CO)C(O)C(O)C1O. The lowest BCUT2D eigenvalue weighted by Gasteiger charge is -2.40. The molecule has 1 aliphatic heterocycles. The Kier molecular flexibility index (Phi) is 4.82. The minimum Gasteiger partial charge on any atom is -0.394 e. The standard InChI is InChI=1S/C9H18O5S/c1-4(2)15-9-8(13)7(12)6(11)5(3-10)14-9/h4-13H,3H2,1-2H3/t5-,6?,7?,8?,9+/m1/s1. The highest BCUT2D eigenvalue weighted by Gasteiger charge is 2.43. The van der Waals surface area contributed by atoms with E-state index in [2.05, 4.69) is 0 Å². The summed E-state index contributed by atoms with van der Waals surface area (Å²) in [6, 6.07) is 0. The van der Waals surface area contributed by atoms with E-state index < -0.39 is 29.9 Å². The van der Waals surface area contributed by atoms with Crippen LogP contribution in [0.1, 0.15) is 13.8 Å². The Morgan fingerprint density at radius 3 is 2.20 bits per heavy atom. The second-order valence-electron chi connectivity index (χ2n) is 3.88. The number of aliphatic hydroxyl groups is 4. The van der Waals surface area contributed by atoms with Gasteiger partial charge in [-0.15, -0.1) is 11.8 Å². The molecule has 5 nitrogen and oxygen atoms in total. The number of aliphatic hydroxyl groups excluding tert-OH is 4. The Hall–Kier alpha value is 0.150. The number of hydrogen-bond donors (Lipinski definition) is 4. The van der Waals surface area contributed by atoms with E-state index in [9.17, 15) is 15.3 Å². The van der Waals surface area contributed by atoms with Crippen molar-refractivity contribution in [1.82, 2.24) is 0 Å². The summed E-state index contributed by atoms with van der Waals surface area (Å²) in [4.78, 5) is 0. The van der Waals surface area contributed by atoms with Crippen LogP contribution in [0.2, 0.25) is 0 Å². The molecule has 1 saturated heterocycles. The summed E-state index contributed by atoms with van der Waals surface area (Å²) in [7, 11) is 0. The van der Waals surface area contributed by atoms with E-state index in [-0.39, 0.29) is 11.9 Å². The van der Waals surface area contributed by atoms with Crippen molar-refractivity contribution in [2.24, 2.45) is 0 Å². The minimum absolute atomic E-state index is 0.228. The van der Waals surface area contributed by atoms with E-state index in [1.165, 1.54) is 11.8 Å². The van der Waals surface area contributed by atoms with Gasteiger partial charge in [0, 0.05) is 5.25 Å². The maximum atomic E-state index is 9.63. The summed E-state index contributed by atoms with van der Waals surface area (Å²) in [6.45, 7) is 3.50. The zero-order valence-electron chi connectivity index (χ0n) is 8.78. The van der Waals surface area contributed by atoms with E-state index >= 15 is 0 Å². The van der Waals surface area contributed by atoms with Gasteiger partial charge in [-0.1, -0.05) is 13.8 Å². The summed E-state index contributed by atoms with van der Waals surface area (Å²) < 4.78 is 5.29. The molecule has 5 atom stereocenters. The minimum atomic E-state index is -1.27. The van der Waals surface area contributed by atoms with Crippen LogP contribution >= 0.6 is 11.8 Å². The third-order valence-corrected chi connectivity index (χ3v) is 3.46. The molecule has 1 fully saturated rings. The molecule has 0 aliphatic carbocycles. The second kappa shape index (κ2) is 5.47. The third kappa shape index (κ3) is 3.05. The van der Waals surface area contributed by atoms with Crippen molar-refractivity contribution in [3.8, 4) is 0 Å². The second-order valence-corrected chi connectivity index (χ2v) is 5.56. The molecule has 3 unspecified atom stereocenters. The topological polar surface area (TPSA) is 90.2 Å². The average Bonchev–Trinajstić information content (AvgIpc) is 2.18. The predicted molar refractivity (Wildman–Crippen MR) is 56.5 cm³/mol. The van der Waals surface area contributed by atoms with Crippen molar-refractivity contribution in [3.05, 3.63) is 0 Å². The Morgan fingerprint density at radius 1 is 1.13 bits per heavy atom. The van der Waals surface area contributed by atoms with Gasteiger partial charge in [-0.05, 0) is 0 Å². The first-order valence-electron chi connectivity index (χ1n) is 4.93. The van der Waals surface area contributed by atoms with Gasteiger partial charge in [0.15, 0.2) is 0 Å². The summed E-state index contributed by atoms with van der Waals surface area (Å²) in [5.41, 5.74) is -0.611. The Labute approximate surface area is 93.1 Å². The van der Waals surface area contributed by atoms with Gasteiger partial charge in [0.05, 0.1) is 6.61 Å². The maximum absolute atomic E-state index is 9.63. The highest BCUT2D eigenvalue weighted by Crippen LogP contribution is 2.30. The lowest BCUT2D eigenvalue weighted by molar-refractivity contribution is -0.205. The monoisotopic (exact) mass is 238 g/mol. The lowest BCUT2D eigenvalue weighted by Crippen LogP contribution is -2.57. The van der Waals surface area contributed by atoms with Gasteiger partial charge in [-0.25, -0.2) is 0 Å². The van der Waals surface area contributed by atoms with E-state index in [4.69, 9.17) is 9.84 Å². The normalized spacial score (nSPS) is 42.2. The van der Waals surface area contributed by atoms with Crippen molar-refractivity contribution in [1.29, 1.82) is 0 Å². The largest absolute Gasteiger partial charge is 0.394 e. The predicted octanol–water partition coefficient (Wildman–Crippen LogP) is -1.07. The van der Waals surface area contributed by atoms with E-state index in [1.807, 2.05) is 13.8 Å². The van der Waals surface area contributed by atoms with Gasteiger partial charge in [-0.2, -0.15) is 0 Å². The number of hydrogen-bond acceptors (Lipinski definition) is 6. The number of ether oxygens (including phenoxy) is 1. The first-order valence-corrected chi connectivity index (χ1v) is 5.87.